The van der Waals surface area contributed by atoms with Crippen LogP contribution in [0.15, 0.2) is 81.6 Å². The monoisotopic (exact) mass is 968 g/mol. The number of aliphatic hydroxyl groups excluding tert-OH is 1. The Bertz CT molecular complexity index is 2950. The fraction of sp³-hybridized carbons (Fsp3) is 0.333. The summed E-state index contributed by atoms with van der Waals surface area (Å²) in [5.41, 5.74) is -0.986. The van der Waals surface area contributed by atoms with Crippen LogP contribution in [0, 0.1) is 49.7 Å². The molecule has 6 aromatic rings. The molecule has 0 fully saturated rings. The molecule has 0 radical (unpaired) electrons. The summed E-state index contributed by atoms with van der Waals surface area (Å²) in [5, 5.41) is 50.1. The fourth-order valence-corrected chi connectivity index (χ4v) is 8.17. The molecule has 6 rings (SSSR count). The van der Waals surface area contributed by atoms with Crippen molar-refractivity contribution in [3.8, 4) is 35.0 Å². The van der Waals surface area contributed by atoms with Gasteiger partial charge in [0.05, 0.1) is 59.7 Å². The molecule has 0 bridgehead atoms. The summed E-state index contributed by atoms with van der Waals surface area (Å²) in [6, 6.07) is 20.2. The van der Waals surface area contributed by atoms with Gasteiger partial charge in [0.25, 0.3) is 0 Å². The number of aliphatic hydroxyl groups is 1. The minimum Gasteiger partial charge on any atom is -0.418 e. The van der Waals surface area contributed by atoms with Crippen molar-refractivity contribution in [2.75, 3.05) is 10.6 Å². The van der Waals surface area contributed by atoms with Crippen LogP contribution in [-0.2, 0) is 16.8 Å². The number of hydrogen-bond acceptors (Lipinski definition) is 12. The van der Waals surface area contributed by atoms with Gasteiger partial charge in [-0.2, -0.15) is 36.9 Å². The van der Waals surface area contributed by atoms with Gasteiger partial charge in [0.2, 0.25) is 23.6 Å². The van der Waals surface area contributed by atoms with Gasteiger partial charge in [-0.25, -0.2) is 9.69 Å². The van der Waals surface area contributed by atoms with Gasteiger partial charge in [-0.3, -0.25) is 0 Å². The maximum atomic E-state index is 13.8. The van der Waals surface area contributed by atoms with E-state index < -0.39 is 67.5 Å². The number of benzene rings is 4. The van der Waals surface area contributed by atoms with Gasteiger partial charge in [0.1, 0.15) is 12.1 Å². The average molecular weight is 969 g/mol. The van der Waals surface area contributed by atoms with E-state index in [9.17, 15) is 31.4 Å². The molecule has 2 aromatic heterocycles. The second-order valence-corrected chi connectivity index (χ2v) is 22.1. The molecule has 0 saturated carbocycles. The second kappa shape index (κ2) is 20.8. The zero-order valence-corrected chi connectivity index (χ0v) is 39.8. The highest BCUT2D eigenvalue weighted by atomic mass is 28.4. The minimum absolute atomic E-state index is 0.0310. The predicted molar refractivity (Wildman–Crippen MR) is 246 cm³/mol. The summed E-state index contributed by atoms with van der Waals surface area (Å²) in [6.07, 6.45) is -11.1. The molecule has 2 heterocycles. The highest BCUT2D eigenvalue weighted by Gasteiger charge is 2.42. The number of hydrogen-bond donors (Lipinski definition) is 3. The van der Waals surface area contributed by atoms with Crippen LogP contribution in [0.2, 0.25) is 18.1 Å². The van der Waals surface area contributed by atoms with E-state index >= 15 is 0 Å². The Labute approximate surface area is 395 Å². The number of nitriles is 2. The third-order valence-corrected chi connectivity index (χ3v) is 16.1. The summed E-state index contributed by atoms with van der Waals surface area (Å²) in [4.78, 5) is 6.01. The average Bonchev–Trinajstić information content (AvgIpc) is 3.98. The molecule has 69 heavy (non-hydrogen) atoms. The van der Waals surface area contributed by atoms with Crippen LogP contribution in [0.4, 0.5) is 49.1 Å². The molecule has 0 aliphatic carbocycles. The van der Waals surface area contributed by atoms with E-state index in [1.807, 2.05) is 19.1 Å². The molecule has 3 N–H and O–H groups in total. The molecule has 0 spiro atoms. The Balaban J connectivity index is 0.000000263. The molecule has 0 amide bonds. The number of nitrogens with one attached hydrogen (secondary N) is 2. The molecule has 4 atom stereocenters. The molecular weight excluding hydrogens is 923 g/mol. The van der Waals surface area contributed by atoms with E-state index in [1.165, 1.54) is 32.9 Å². The van der Waals surface area contributed by atoms with Gasteiger partial charge in [0, 0.05) is 22.5 Å². The lowest BCUT2D eigenvalue weighted by molar-refractivity contribution is -0.138. The van der Waals surface area contributed by atoms with Crippen LogP contribution in [0.3, 0.4) is 0 Å². The van der Waals surface area contributed by atoms with Crippen LogP contribution >= 0.6 is 0 Å². The quantitative estimate of drug-likeness (QED) is 0.0599. The van der Waals surface area contributed by atoms with Crippen molar-refractivity contribution in [2.45, 2.75) is 103 Å². The van der Waals surface area contributed by atoms with Crippen LogP contribution in [0.25, 0.3) is 32.6 Å². The topological polar surface area (TPSA) is 188 Å². The Kier molecular flexibility index (Phi) is 15.8. The van der Waals surface area contributed by atoms with Gasteiger partial charge in [-0.1, -0.05) is 32.9 Å². The molecule has 14 nitrogen and oxygen atoms in total. The van der Waals surface area contributed by atoms with Gasteiger partial charge in [0.15, 0.2) is 19.7 Å². The van der Waals surface area contributed by atoms with Crippen LogP contribution < -0.4 is 10.6 Å². The first-order valence-electron chi connectivity index (χ1n) is 21.0. The van der Waals surface area contributed by atoms with E-state index in [2.05, 4.69) is 74.6 Å². The molecule has 0 aliphatic heterocycles. The van der Waals surface area contributed by atoms with Gasteiger partial charge < -0.3 is 29.0 Å². The SMILES string of the molecule is [C-]#[N+]c1ccc(N[C@@H](c2nnc(-c3ccc(C#N)cc3)o2)[C@@H](C)O)c(C)c1C(F)(F)F.[C-]#[N+]c1ccc(N[C@@H](c2nnc(-c3ccc(C#N)cc3)o2)[C@@H](C)O[Si](C)(C)C(C)(C)C)c(C)c1C(F)(F)F. The summed E-state index contributed by atoms with van der Waals surface area (Å²) in [6.45, 7) is 30.4. The van der Waals surface area contributed by atoms with E-state index in [0.29, 0.717) is 22.3 Å². The standard InChI is InChI=1S/C27H30F3N5O2Si.C21H16F3N5O2/c1-16-20(13-14-21(32-6)22(16)27(28,29)30)33-23(17(2)37-38(7,8)26(3,4)5)25-35-34-24(36-25)19-11-9-18(15-31)10-12-19;1-11-15(8-9-16(26-3)17(11)21(22,23)24)27-18(12(2)30)20-29-28-19(31-20)14-6-4-13(10-25)5-7-14/h9-14,17,23,33H,1-5,7-8H3;4-9,12,18,27,30H,1-2H3/t17-,23-;12-,18-/m11/s1. The first-order chi connectivity index (χ1) is 32.2. The normalized spacial score (nSPS) is 13.6. The van der Waals surface area contributed by atoms with Gasteiger partial charge in [-0.05, 0) is 118 Å². The van der Waals surface area contributed by atoms with Crippen molar-refractivity contribution in [1.29, 1.82) is 10.5 Å². The zero-order valence-electron chi connectivity index (χ0n) is 38.8. The zero-order chi connectivity index (χ0) is 51.2. The molecule has 0 unspecified atom stereocenters. The molecule has 21 heteroatoms. The largest absolute Gasteiger partial charge is 0.418 e. The maximum absolute atomic E-state index is 13.8. The second-order valence-electron chi connectivity index (χ2n) is 17.3. The van der Waals surface area contributed by atoms with Crippen LogP contribution in [0.5, 0.6) is 0 Å². The molecule has 4 aromatic carbocycles. The van der Waals surface area contributed by atoms with E-state index in [4.69, 9.17) is 36.9 Å². The van der Waals surface area contributed by atoms with Crippen LogP contribution in [0.1, 0.15) is 91.9 Å². The van der Waals surface area contributed by atoms with E-state index in [-0.39, 0.29) is 51.1 Å². The number of aromatic nitrogens is 4. The maximum Gasteiger partial charge on any atom is 0.407 e. The lowest BCUT2D eigenvalue weighted by Gasteiger charge is -2.40. The number of alkyl halides is 6. The molecule has 0 aliphatic rings. The third kappa shape index (κ3) is 12.1. The summed E-state index contributed by atoms with van der Waals surface area (Å²) >= 11 is 0. The Morgan fingerprint density at radius 2 is 1.03 bits per heavy atom. The molecular formula is C48H46F6N10O4Si. The Hall–Kier alpha value is -7.56. The summed E-state index contributed by atoms with van der Waals surface area (Å²) in [5.74, 6) is 0.434. The minimum atomic E-state index is -4.71. The fourth-order valence-electron chi connectivity index (χ4n) is 6.75. The summed E-state index contributed by atoms with van der Waals surface area (Å²) in [7, 11) is -2.30. The lowest BCUT2D eigenvalue weighted by atomic mass is 10.0. The first kappa shape index (κ1) is 52.4. The summed E-state index contributed by atoms with van der Waals surface area (Å²) < 4.78 is 100. The van der Waals surface area contributed by atoms with Crippen molar-refractivity contribution in [3.05, 3.63) is 141 Å². The van der Waals surface area contributed by atoms with Crippen molar-refractivity contribution in [3.63, 3.8) is 0 Å². The highest BCUT2D eigenvalue weighted by Crippen LogP contribution is 2.45. The number of nitrogens with zero attached hydrogens (tertiary/aromatic N) is 8. The molecule has 0 saturated heterocycles. The van der Waals surface area contributed by atoms with Crippen molar-refractivity contribution in [2.24, 2.45) is 0 Å². The number of halogens is 6. The lowest BCUT2D eigenvalue weighted by Crippen LogP contribution is -2.45. The predicted octanol–water partition coefficient (Wildman–Crippen LogP) is 13.1. The molecule has 358 valence electrons. The Morgan fingerprint density at radius 3 is 1.36 bits per heavy atom. The van der Waals surface area contributed by atoms with E-state index in [0.717, 1.165) is 12.1 Å². The van der Waals surface area contributed by atoms with Gasteiger partial charge >= 0.3 is 12.4 Å². The van der Waals surface area contributed by atoms with Crippen molar-refractivity contribution >= 4 is 31.1 Å². The third-order valence-electron chi connectivity index (χ3n) is 11.5. The van der Waals surface area contributed by atoms with E-state index in [1.54, 1.807) is 48.5 Å². The highest BCUT2D eigenvalue weighted by molar-refractivity contribution is 6.74. The number of anilines is 2. The van der Waals surface area contributed by atoms with Gasteiger partial charge in [-0.15, -0.1) is 20.4 Å². The van der Waals surface area contributed by atoms with Crippen LogP contribution in [-0.4, -0.2) is 46.0 Å². The smallest absolute Gasteiger partial charge is 0.407 e. The first-order valence-corrected chi connectivity index (χ1v) is 23.9. The van der Waals surface area contributed by atoms with Crippen molar-refractivity contribution in [1.82, 2.24) is 20.4 Å². The Morgan fingerprint density at radius 1 is 0.652 bits per heavy atom. The van der Waals surface area contributed by atoms with Crippen molar-refractivity contribution < 1.29 is 44.7 Å². The number of rotatable bonds is 12.